The van der Waals surface area contributed by atoms with E-state index in [-0.39, 0.29) is 11.2 Å². The average Bonchev–Trinajstić information content (AvgIpc) is 2.93. The van der Waals surface area contributed by atoms with Crippen LogP contribution in [0.2, 0.25) is 0 Å². The van der Waals surface area contributed by atoms with Gasteiger partial charge in [0.1, 0.15) is 11.5 Å². The van der Waals surface area contributed by atoms with Crippen LogP contribution in [0.15, 0.2) is 12.1 Å². The van der Waals surface area contributed by atoms with Gasteiger partial charge >= 0.3 is 0 Å². The van der Waals surface area contributed by atoms with Crippen LogP contribution in [0.3, 0.4) is 0 Å². The first-order valence-corrected chi connectivity index (χ1v) is 6.06. The average molecular weight is 316 g/mol. The Kier molecular flexibility index (Phi) is 2.53. The number of ketones is 1. The number of aryl methyl sites for hydroxylation is 1. The minimum Gasteiger partial charge on any atom is -0.507 e. The molecule has 0 amide bonds. The van der Waals surface area contributed by atoms with Crippen molar-refractivity contribution in [3.05, 3.63) is 26.8 Å². The molecule has 15 heavy (non-hydrogen) atoms. The second-order valence-electron chi connectivity index (χ2n) is 4.26. The standard InChI is InChI=1S/C12H13IO2/c1-7-5-9(6-10(13)11(7)15)12(3-4-12)8(2)14/h5-6,15H,3-4H2,1-2H3. The monoisotopic (exact) mass is 316 g/mol. The van der Waals surface area contributed by atoms with E-state index in [4.69, 9.17) is 0 Å². The molecule has 0 saturated heterocycles. The van der Waals surface area contributed by atoms with Crippen molar-refractivity contribution < 1.29 is 9.90 Å². The van der Waals surface area contributed by atoms with E-state index in [2.05, 4.69) is 22.6 Å². The molecule has 80 valence electrons. The highest BCUT2D eigenvalue weighted by Gasteiger charge is 2.48. The van der Waals surface area contributed by atoms with Crippen LogP contribution in [0.25, 0.3) is 0 Å². The fraction of sp³-hybridized carbons (Fsp3) is 0.417. The number of carbonyl (C=O) groups excluding carboxylic acids is 1. The second-order valence-corrected chi connectivity index (χ2v) is 5.42. The van der Waals surface area contributed by atoms with Crippen LogP contribution in [-0.4, -0.2) is 10.9 Å². The molecule has 0 unspecified atom stereocenters. The smallest absolute Gasteiger partial charge is 0.140 e. The summed E-state index contributed by atoms with van der Waals surface area (Å²) in [5.74, 6) is 0.571. The molecule has 0 bridgehead atoms. The van der Waals surface area contributed by atoms with E-state index in [0.717, 1.165) is 27.5 Å². The van der Waals surface area contributed by atoms with Gasteiger partial charge in [0.05, 0.1) is 8.99 Å². The number of hydrogen-bond acceptors (Lipinski definition) is 2. The number of carbonyl (C=O) groups is 1. The van der Waals surface area contributed by atoms with Gasteiger partial charge in [-0.05, 0) is 66.5 Å². The van der Waals surface area contributed by atoms with Crippen LogP contribution in [0, 0.1) is 10.5 Å². The van der Waals surface area contributed by atoms with Crippen LogP contribution in [0.1, 0.15) is 30.9 Å². The fourth-order valence-electron chi connectivity index (χ4n) is 1.98. The van der Waals surface area contributed by atoms with Crippen molar-refractivity contribution in [2.45, 2.75) is 32.1 Å². The Labute approximate surface area is 103 Å². The molecule has 1 aromatic carbocycles. The number of benzene rings is 1. The largest absolute Gasteiger partial charge is 0.507 e. The fourth-order valence-corrected chi connectivity index (χ4v) is 2.74. The van der Waals surface area contributed by atoms with Gasteiger partial charge in [-0.15, -0.1) is 0 Å². The van der Waals surface area contributed by atoms with E-state index in [9.17, 15) is 9.90 Å². The molecule has 3 heteroatoms. The lowest BCUT2D eigenvalue weighted by Gasteiger charge is -2.14. The van der Waals surface area contributed by atoms with Crippen LogP contribution >= 0.6 is 22.6 Å². The molecule has 0 atom stereocenters. The molecular formula is C12H13IO2. The predicted octanol–water partition coefficient (Wildman–Crippen LogP) is 2.93. The van der Waals surface area contributed by atoms with Crippen molar-refractivity contribution in [1.82, 2.24) is 0 Å². The van der Waals surface area contributed by atoms with E-state index >= 15 is 0 Å². The Bertz CT molecular complexity index is 410. The number of rotatable bonds is 2. The molecule has 1 fully saturated rings. The SMILES string of the molecule is CC(=O)C1(c2cc(C)c(O)c(I)c2)CC1. The molecule has 0 aromatic heterocycles. The van der Waals surface area contributed by atoms with Gasteiger partial charge in [0.25, 0.3) is 0 Å². The van der Waals surface area contributed by atoms with E-state index in [1.807, 2.05) is 19.1 Å². The molecule has 2 nitrogen and oxygen atoms in total. The van der Waals surface area contributed by atoms with Gasteiger partial charge in [-0.25, -0.2) is 0 Å². The lowest BCUT2D eigenvalue weighted by molar-refractivity contribution is -0.119. The van der Waals surface area contributed by atoms with E-state index in [1.165, 1.54) is 0 Å². The van der Waals surface area contributed by atoms with Gasteiger partial charge in [0.15, 0.2) is 0 Å². The molecule has 1 aromatic rings. The third kappa shape index (κ3) is 1.67. The van der Waals surface area contributed by atoms with Crippen molar-refractivity contribution in [2.24, 2.45) is 0 Å². The molecule has 0 spiro atoms. The molecular weight excluding hydrogens is 303 g/mol. The quantitative estimate of drug-likeness (QED) is 0.852. The van der Waals surface area contributed by atoms with Crippen molar-refractivity contribution in [1.29, 1.82) is 0 Å². The van der Waals surface area contributed by atoms with E-state index < -0.39 is 0 Å². The van der Waals surface area contributed by atoms with Gasteiger partial charge in [-0.2, -0.15) is 0 Å². The van der Waals surface area contributed by atoms with Crippen molar-refractivity contribution >= 4 is 28.4 Å². The molecule has 1 aliphatic carbocycles. The number of halogens is 1. The maximum Gasteiger partial charge on any atom is 0.140 e. The van der Waals surface area contributed by atoms with Crippen molar-refractivity contribution in [3.63, 3.8) is 0 Å². The number of hydrogen-bond donors (Lipinski definition) is 1. The summed E-state index contributed by atoms with van der Waals surface area (Å²) >= 11 is 2.11. The molecule has 1 N–H and O–H groups in total. The molecule has 1 saturated carbocycles. The Balaban J connectivity index is 2.51. The number of phenolic OH excluding ortho intramolecular Hbond substituents is 1. The maximum atomic E-state index is 11.6. The van der Waals surface area contributed by atoms with Gasteiger partial charge in [0.2, 0.25) is 0 Å². The highest BCUT2D eigenvalue weighted by Crippen LogP contribution is 2.50. The van der Waals surface area contributed by atoms with Gasteiger partial charge in [-0.3, -0.25) is 4.79 Å². The summed E-state index contributed by atoms with van der Waals surface area (Å²) in [6.07, 6.45) is 1.89. The third-order valence-corrected chi connectivity index (χ3v) is 4.05. The van der Waals surface area contributed by atoms with Crippen LogP contribution in [0.4, 0.5) is 0 Å². The Morgan fingerprint density at radius 2 is 2.07 bits per heavy atom. The molecule has 0 radical (unpaired) electrons. The molecule has 0 aliphatic heterocycles. The van der Waals surface area contributed by atoms with Crippen molar-refractivity contribution in [2.75, 3.05) is 0 Å². The van der Waals surface area contributed by atoms with E-state index in [1.54, 1.807) is 6.92 Å². The summed E-state index contributed by atoms with van der Waals surface area (Å²) < 4.78 is 0.829. The highest BCUT2D eigenvalue weighted by atomic mass is 127. The highest BCUT2D eigenvalue weighted by molar-refractivity contribution is 14.1. The van der Waals surface area contributed by atoms with Crippen LogP contribution in [-0.2, 0) is 10.2 Å². The molecule has 0 heterocycles. The first-order chi connectivity index (χ1) is 6.97. The number of aromatic hydroxyl groups is 1. The topological polar surface area (TPSA) is 37.3 Å². The third-order valence-electron chi connectivity index (χ3n) is 3.23. The Morgan fingerprint density at radius 1 is 1.47 bits per heavy atom. The molecule has 2 rings (SSSR count). The maximum absolute atomic E-state index is 11.6. The van der Waals surface area contributed by atoms with Gasteiger partial charge in [-0.1, -0.05) is 6.07 Å². The summed E-state index contributed by atoms with van der Waals surface area (Å²) in [6, 6.07) is 3.86. The van der Waals surface area contributed by atoms with Gasteiger partial charge in [0, 0.05) is 0 Å². The number of Topliss-reactive ketones (excluding diaryl/α,β-unsaturated/α-hetero) is 1. The second kappa shape index (κ2) is 3.47. The number of phenols is 1. The van der Waals surface area contributed by atoms with Crippen molar-refractivity contribution in [3.8, 4) is 5.75 Å². The summed E-state index contributed by atoms with van der Waals surface area (Å²) in [6.45, 7) is 3.53. The Morgan fingerprint density at radius 3 is 2.47 bits per heavy atom. The van der Waals surface area contributed by atoms with E-state index in [0.29, 0.717) is 5.75 Å². The Hall–Kier alpha value is -0.580. The summed E-state index contributed by atoms with van der Waals surface area (Å²) in [7, 11) is 0. The summed E-state index contributed by atoms with van der Waals surface area (Å²) in [5.41, 5.74) is 1.68. The molecule has 1 aliphatic rings. The zero-order valence-corrected chi connectivity index (χ0v) is 11.0. The van der Waals surface area contributed by atoms with Gasteiger partial charge < -0.3 is 5.11 Å². The lowest BCUT2D eigenvalue weighted by atomic mass is 9.91. The minimum absolute atomic E-state index is 0.238. The normalized spacial score (nSPS) is 17.5. The first kappa shape index (κ1) is 10.9. The first-order valence-electron chi connectivity index (χ1n) is 4.98. The zero-order chi connectivity index (χ0) is 11.2. The minimum atomic E-state index is -0.238. The predicted molar refractivity (Wildman–Crippen MR) is 67.2 cm³/mol. The lowest BCUT2D eigenvalue weighted by Crippen LogP contribution is -2.17. The summed E-state index contributed by atoms with van der Waals surface area (Å²) in [5, 5.41) is 9.66. The van der Waals surface area contributed by atoms with Crippen LogP contribution < -0.4 is 0 Å². The summed E-state index contributed by atoms with van der Waals surface area (Å²) in [4.78, 5) is 11.6. The zero-order valence-electron chi connectivity index (χ0n) is 8.80. The van der Waals surface area contributed by atoms with Crippen LogP contribution in [0.5, 0.6) is 5.75 Å².